The first kappa shape index (κ1) is 31.9. The van der Waals surface area contributed by atoms with E-state index in [4.69, 9.17) is 4.74 Å². The van der Waals surface area contributed by atoms with E-state index in [1.54, 1.807) is 20.8 Å². The Balaban J connectivity index is 3.46. The van der Waals surface area contributed by atoms with Gasteiger partial charge in [-0.15, -0.1) is 0 Å². The fourth-order valence-electron chi connectivity index (χ4n) is 3.76. The molecule has 9 heteroatoms. The lowest BCUT2D eigenvalue weighted by molar-refractivity contribution is -0.145. The fourth-order valence-corrected chi connectivity index (χ4v) is 3.76. The van der Waals surface area contributed by atoms with Crippen molar-refractivity contribution in [2.45, 2.75) is 91.8 Å². The van der Waals surface area contributed by atoms with E-state index in [9.17, 15) is 19.2 Å². The van der Waals surface area contributed by atoms with Crippen LogP contribution in [0.2, 0.25) is 0 Å². The predicted molar refractivity (Wildman–Crippen MR) is 143 cm³/mol. The number of esters is 1. The molecule has 0 aliphatic heterocycles. The van der Waals surface area contributed by atoms with Crippen LogP contribution < -0.4 is 10.6 Å². The number of amides is 3. The molecule has 1 aromatic carbocycles. The van der Waals surface area contributed by atoms with Crippen molar-refractivity contribution >= 4 is 23.9 Å². The average Bonchev–Trinajstić information content (AvgIpc) is 2.83. The number of carbonyl (C=O) groups excluding carboxylic acids is 4. The first-order valence-electron chi connectivity index (χ1n) is 13.1. The SMILES string of the molecule is CCCCCN(C(=O)C(NC(=O)OC(C)(C)C)C(C)C)C(C(=O)NCC(=O)OC)c1ccc(CC)cc1. The number of unbranched alkanes of at least 4 members (excludes halogenated alkanes) is 2. The summed E-state index contributed by atoms with van der Waals surface area (Å²) in [5.74, 6) is -1.76. The van der Waals surface area contributed by atoms with Crippen LogP contribution in [0.4, 0.5) is 4.79 Å². The largest absolute Gasteiger partial charge is 0.468 e. The average molecular weight is 520 g/mol. The van der Waals surface area contributed by atoms with Gasteiger partial charge in [-0.05, 0) is 50.7 Å². The van der Waals surface area contributed by atoms with Gasteiger partial charge in [-0.2, -0.15) is 0 Å². The smallest absolute Gasteiger partial charge is 0.408 e. The molecule has 0 aromatic heterocycles. The highest BCUT2D eigenvalue weighted by atomic mass is 16.6. The van der Waals surface area contributed by atoms with Gasteiger partial charge in [-0.1, -0.05) is 64.8 Å². The van der Waals surface area contributed by atoms with Crippen LogP contribution in [0.3, 0.4) is 0 Å². The summed E-state index contributed by atoms with van der Waals surface area (Å²) in [5, 5.41) is 5.32. The Labute approximate surface area is 221 Å². The summed E-state index contributed by atoms with van der Waals surface area (Å²) >= 11 is 0. The van der Waals surface area contributed by atoms with Gasteiger partial charge in [0.05, 0.1) is 7.11 Å². The molecular weight excluding hydrogens is 474 g/mol. The maximum Gasteiger partial charge on any atom is 0.408 e. The Morgan fingerprint density at radius 1 is 1.00 bits per heavy atom. The third kappa shape index (κ3) is 10.8. The monoisotopic (exact) mass is 519 g/mol. The number of ether oxygens (including phenoxy) is 2. The van der Waals surface area contributed by atoms with Gasteiger partial charge in [-0.3, -0.25) is 14.4 Å². The van der Waals surface area contributed by atoms with E-state index >= 15 is 0 Å². The first-order chi connectivity index (χ1) is 17.3. The molecule has 0 fully saturated rings. The Morgan fingerprint density at radius 2 is 1.62 bits per heavy atom. The number of aryl methyl sites for hydroxylation is 1. The van der Waals surface area contributed by atoms with Crippen LogP contribution >= 0.6 is 0 Å². The zero-order valence-electron chi connectivity index (χ0n) is 23.7. The Morgan fingerprint density at radius 3 is 2.11 bits per heavy atom. The second kappa shape index (κ2) is 15.2. The molecule has 0 saturated carbocycles. The minimum atomic E-state index is -0.999. The molecule has 2 atom stereocenters. The highest BCUT2D eigenvalue weighted by Gasteiger charge is 2.37. The summed E-state index contributed by atoms with van der Waals surface area (Å²) in [4.78, 5) is 53.3. The molecule has 0 bridgehead atoms. The molecule has 0 saturated heterocycles. The van der Waals surface area contributed by atoms with Crippen molar-refractivity contribution in [2.75, 3.05) is 20.2 Å². The number of methoxy groups -OCH3 is 1. The maximum absolute atomic E-state index is 14.0. The Bertz CT molecular complexity index is 892. The van der Waals surface area contributed by atoms with Gasteiger partial charge in [0.15, 0.2) is 0 Å². The van der Waals surface area contributed by atoms with Crippen molar-refractivity contribution in [3.05, 3.63) is 35.4 Å². The van der Waals surface area contributed by atoms with Gasteiger partial charge in [-0.25, -0.2) is 4.79 Å². The van der Waals surface area contributed by atoms with Gasteiger partial charge in [0, 0.05) is 6.54 Å². The number of hydrogen-bond acceptors (Lipinski definition) is 6. The molecule has 0 spiro atoms. The second-order valence-corrected chi connectivity index (χ2v) is 10.4. The number of carbonyl (C=O) groups is 4. The fraction of sp³-hybridized carbons (Fsp3) is 0.643. The highest BCUT2D eigenvalue weighted by Crippen LogP contribution is 2.25. The van der Waals surface area contributed by atoms with Crippen LogP contribution in [-0.4, -0.2) is 60.6 Å². The van der Waals surface area contributed by atoms with E-state index in [1.165, 1.54) is 12.0 Å². The molecule has 3 amide bonds. The van der Waals surface area contributed by atoms with Crippen LogP contribution in [0.15, 0.2) is 24.3 Å². The maximum atomic E-state index is 14.0. The lowest BCUT2D eigenvalue weighted by Gasteiger charge is -2.35. The molecule has 9 nitrogen and oxygen atoms in total. The summed E-state index contributed by atoms with van der Waals surface area (Å²) < 4.78 is 10.1. The van der Waals surface area contributed by atoms with E-state index in [0.717, 1.165) is 24.8 Å². The normalized spacial score (nSPS) is 12.9. The number of hydrogen-bond donors (Lipinski definition) is 2. The van der Waals surface area contributed by atoms with E-state index in [-0.39, 0.29) is 12.5 Å². The van der Waals surface area contributed by atoms with E-state index in [0.29, 0.717) is 18.5 Å². The van der Waals surface area contributed by atoms with Gasteiger partial charge < -0.3 is 25.0 Å². The summed E-state index contributed by atoms with van der Waals surface area (Å²) in [6.07, 6.45) is 2.59. The van der Waals surface area contributed by atoms with Crippen LogP contribution in [0.1, 0.15) is 84.9 Å². The standard InChI is InChI=1S/C28H45N3O6/c1-9-11-12-17-31(26(34)23(19(3)4)30-27(35)37-28(5,6)7)24(25(33)29-18-22(32)36-8)21-15-13-20(10-2)14-16-21/h13-16,19,23-24H,9-12,17-18H2,1-8H3,(H,29,33)(H,30,35). The van der Waals surface area contributed by atoms with Crippen molar-refractivity contribution < 1.29 is 28.7 Å². The molecule has 37 heavy (non-hydrogen) atoms. The number of rotatable bonds is 13. The van der Waals surface area contributed by atoms with Crippen LogP contribution in [0.25, 0.3) is 0 Å². The lowest BCUT2D eigenvalue weighted by atomic mass is 9.97. The lowest BCUT2D eigenvalue weighted by Crippen LogP contribution is -2.55. The van der Waals surface area contributed by atoms with Crippen LogP contribution in [0.5, 0.6) is 0 Å². The van der Waals surface area contributed by atoms with Crippen LogP contribution in [-0.2, 0) is 30.3 Å². The van der Waals surface area contributed by atoms with Gasteiger partial charge in [0.2, 0.25) is 11.8 Å². The van der Waals surface area contributed by atoms with Crippen molar-refractivity contribution in [2.24, 2.45) is 5.92 Å². The van der Waals surface area contributed by atoms with Crippen molar-refractivity contribution in [3.63, 3.8) is 0 Å². The molecule has 2 N–H and O–H groups in total. The Hall–Kier alpha value is -3.10. The molecule has 1 aromatic rings. The molecule has 0 aliphatic carbocycles. The zero-order chi connectivity index (χ0) is 28.2. The highest BCUT2D eigenvalue weighted by molar-refractivity contribution is 5.93. The Kier molecular flexibility index (Phi) is 13.1. The van der Waals surface area contributed by atoms with Crippen molar-refractivity contribution in [1.29, 1.82) is 0 Å². The van der Waals surface area contributed by atoms with Gasteiger partial charge in [0.25, 0.3) is 0 Å². The number of nitrogens with one attached hydrogen (secondary N) is 2. The summed E-state index contributed by atoms with van der Waals surface area (Å²) in [7, 11) is 1.24. The predicted octanol–water partition coefficient (Wildman–Crippen LogP) is 4.15. The van der Waals surface area contributed by atoms with E-state index < -0.39 is 41.6 Å². The summed E-state index contributed by atoms with van der Waals surface area (Å²) in [6.45, 7) is 13.0. The molecule has 0 aliphatic rings. The third-order valence-corrected chi connectivity index (χ3v) is 5.79. The second-order valence-electron chi connectivity index (χ2n) is 10.4. The van der Waals surface area contributed by atoms with E-state index in [1.807, 2.05) is 45.0 Å². The number of nitrogens with zero attached hydrogens (tertiary/aromatic N) is 1. The molecule has 208 valence electrons. The number of benzene rings is 1. The molecule has 2 unspecified atom stereocenters. The minimum absolute atomic E-state index is 0.269. The number of alkyl carbamates (subject to hydrolysis) is 1. The van der Waals surface area contributed by atoms with Gasteiger partial charge >= 0.3 is 12.1 Å². The van der Waals surface area contributed by atoms with Crippen molar-refractivity contribution in [3.8, 4) is 0 Å². The minimum Gasteiger partial charge on any atom is -0.468 e. The summed E-state index contributed by atoms with van der Waals surface area (Å²) in [6, 6.07) is 5.58. The first-order valence-corrected chi connectivity index (χ1v) is 13.1. The van der Waals surface area contributed by atoms with E-state index in [2.05, 4.69) is 22.3 Å². The zero-order valence-corrected chi connectivity index (χ0v) is 23.7. The van der Waals surface area contributed by atoms with Crippen LogP contribution in [0, 0.1) is 5.92 Å². The topological polar surface area (TPSA) is 114 Å². The van der Waals surface area contributed by atoms with Crippen molar-refractivity contribution in [1.82, 2.24) is 15.5 Å². The molecule has 0 heterocycles. The molecular formula is C28H45N3O6. The third-order valence-electron chi connectivity index (χ3n) is 5.79. The quantitative estimate of drug-likeness (QED) is 0.299. The molecule has 1 rings (SSSR count). The molecule has 0 radical (unpaired) electrons. The van der Waals surface area contributed by atoms with Gasteiger partial charge in [0.1, 0.15) is 24.2 Å². The summed E-state index contributed by atoms with van der Waals surface area (Å²) in [5.41, 5.74) is 0.976.